The average molecular weight is 332 g/mol. The molecule has 2 rings (SSSR count). The maximum absolute atomic E-state index is 11.2. The number of carboxylic acids is 1. The third-order valence-electron chi connectivity index (χ3n) is 2.65. The van der Waals surface area contributed by atoms with Crippen LogP contribution >= 0.6 is 15.9 Å². The molecule has 20 heavy (non-hydrogen) atoms. The van der Waals surface area contributed by atoms with Gasteiger partial charge in [0.1, 0.15) is 23.1 Å². The van der Waals surface area contributed by atoms with E-state index >= 15 is 0 Å². The lowest BCUT2D eigenvalue weighted by atomic mass is 10.1. The SMILES string of the molecule is Cc1ccc(Oc2ccc(Br)cc2C#N)c(C(=O)O)c1. The number of carbonyl (C=O) groups is 1. The number of aryl methyl sites for hydroxylation is 1. The van der Waals surface area contributed by atoms with E-state index in [4.69, 9.17) is 10.00 Å². The number of rotatable bonds is 3. The first-order valence-corrected chi connectivity index (χ1v) is 6.52. The van der Waals surface area contributed by atoms with Crippen molar-refractivity contribution in [1.29, 1.82) is 5.26 Å². The minimum Gasteiger partial charge on any atom is -0.478 e. The minimum atomic E-state index is -1.07. The second-order valence-electron chi connectivity index (χ2n) is 4.16. The van der Waals surface area contributed by atoms with Crippen LogP contribution in [0.2, 0.25) is 0 Å². The number of ether oxygens (including phenoxy) is 1. The first kappa shape index (κ1) is 14.1. The van der Waals surface area contributed by atoms with Crippen LogP contribution in [0.3, 0.4) is 0 Å². The maximum Gasteiger partial charge on any atom is 0.339 e. The van der Waals surface area contributed by atoms with Gasteiger partial charge in [0.15, 0.2) is 0 Å². The Hall–Kier alpha value is -2.32. The van der Waals surface area contributed by atoms with E-state index in [0.717, 1.165) is 10.0 Å². The molecule has 0 bridgehead atoms. The topological polar surface area (TPSA) is 70.3 Å². The summed E-state index contributed by atoms with van der Waals surface area (Å²) < 4.78 is 6.33. The summed E-state index contributed by atoms with van der Waals surface area (Å²) in [7, 11) is 0. The van der Waals surface area contributed by atoms with E-state index < -0.39 is 5.97 Å². The molecule has 0 unspecified atom stereocenters. The Bertz CT molecular complexity index is 720. The summed E-state index contributed by atoms with van der Waals surface area (Å²) in [5, 5.41) is 18.3. The number of hydrogen-bond acceptors (Lipinski definition) is 3. The molecule has 0 amide bonds. The van der Waals surface area contributed by atoms with Gasteiger partial charge in [0.25, 0.3) is 0 Å². The van der Waals surface area contributed by atoms with Gasteiger partial charge in [-0.1, -0.05) is 27.6 Å². The van der Waals surface area contributed by atoms with Crippen LogP contribution in [0.25, 0.3) is 0 Å². The van der Waals surface area contributed by atoms with Crippen LogP contribution < -0.4 is 4.74 Å². The van der Waals surface area contributed by atoms with Gasteiger partial charge in [-0.15, -0.1) is 0 Å². The van der Waals surface area contributed by atoms with Crippen LogP contribution in [0.1, 0.15) is 21.5 Å². The molecule has 0 atom stereocenters. The van der Waals surface area contributed by atoms with E-state index in [2.05, 4.69) is 15.9 Å². The predicted octanol–water partition coefficient (Wildman–Crippen LogP) is 4.12. The molecule has 0 spiro atoms. The molecule has 1 N–H and O–H groups in total. The highest BCUT2D eigenvalue weighted by Gasteiger charge is 2.14. The fourth-order valence-corrected chi connectivity index (χ4v) is 2.06. The number of halogens is 1. The maximum atomic E-state index is 11.2. The number of nitriles is 1. The number of hydrogen-bond donors (Lipinski definition) is 1. The van der Waals surface area contributed by atoms with Crippen LogP contribution in [-0.2, 0) is 0 Å². The monoisotopic (exact) mass is 331 g/mol. The van der Waals surface area contributed by atoms with E-state index in [1.807, 2.05) is 6.07 Å². The van der Waals surface area contributed by atoms with Crippen molar-refractivity contribution in [2.45, 2.75) is 6.92 Å². The summed E-state index contributed by atoms with van der Waals surface area (Å²) in [6, 6.07) is 11.8. The van der Waals surface area contributed by atoms with Crippen LogP contribution in [0.4, 0.5) is 0 Å². The normalized spacial score (nSPS) is 9.85. The first-order valence-electron chi connectivity index (χ1n) is 5.72. The molecular weight excluding hydrogens is 322 g/mol. The van der Waals surface area contributed by atoms with Gasteiger partial charge in [-0.05, 0) is 37.3 Å². The smallest absolute Gasteiger partial charge is 0.339 e. The Balaban J connectivity index is 2.45. The van der Waals surface area contributed by atoms with Crippen molar-refractivity contribution >= 4 is 21.9 Å². The zero-order valence-corrected chi connectivity index (χ0v) is 12.1. The zero-order valence-electron chi connectivity index (χ0n) is 10.6. The van der Waals surface area contributed by atoms with Crippen LogP contribution in [0, 0.1) is 18.3 Å². The van der Waals surface area contributed by atoms with Crippen molar-refractivity contribution in [2.24, 2.45) is 0 Å². The van der Waals surface area contributed by atoms with E-state index in [9.17, 15) is 9.90 Å². The van der Waals surface area contributed by atoms with E-state index in [1.54, 1.807) is 37.3 Å². The van der Waals surface area contributed by atoms with Crippen LogP contribution in [0.5, 0.6) is 11.5 Å². The molecule has 0 aromatic heterocycles. The van der Waals surface area contributed by atoms with Crippen LogP contribution in [0.15, 0.2) is 40.9 Å². The van der Waals surface area contributed by atoms with Crippen molar-refractivity contribution in [3.63, 3.8) is 0 Å². The van der Waals surface area contributed by atoms with Crippen molar-refractivity contribution in [2.75, 3.05) is 0 Å². The van der Waals surface area contributed by atoms with Crippen molar-refractivity contribution in [3.05, 3.63) is 57.6 Å². The minimum absolute atomic E-state index is 0.0665. The lowest BCUT2D eigenvalue weighted by Gasteiger charge is -2.10. The predicted molar refractivity (Wildman–Crippen MR) is 77.1 cm³/mol. The molecule has 0 radical (unpaired) electrons. The molecule has 0 fully saturated rings. The van der Waals surface area contributed by atoms with E-state index in [0.29, 0.717) is 11.3 Å². The molecule has 0 aliphatic heterocycles. The number of aromatic carboxylic acids is 1. The standard InChI is InChI=1S/C15H10BrNO3/c1-9-2-4-14(12(6-9)15(18)19)20-13-5-3-11(16)7-10(13)8-17/h2-7H,1H3,(H,18,19). The highest BCUT2D eigenvalue weighted by Crippen LogP contribution is 2.30. The second-order valence-corrected chi connectivity index (χ2v) is 5.07. The van der Waals surface area contributed by atoms with Gasteiger partial charge in [-0.3, -0.25) is 0 Å². The summed E-state index contributed by atoms with van der Waals surface area (Å²) in [6.07, 6.45) is 0. The lowest BCUT2D eigenvalue weighted by Crippen LogP contribution is -2.01. The Morgan fingerprint density at radius 1 is 1.25 bits per heavy atom. The summed E-state index contributed by atoms with van der Waals surface area (Å²) in [4.78, 5) is 11.2. The summed E-state index contributed by atoms with van der Waals surface area (Å²) >= 11 is 3.27. The quantitative estimate of drug-likeness (QED) is 0.918. The molecule has 0 heterocycles. The molecule has 5 heteroatoms. The summed E-state index contributed by atoms with van der Waals surface area (Å²) in [5.74, 6) is -0.539. The van der Waals surface area contributed by atoms with Crippen LogP contribution in [-0.4, -0.2) is 11.1 Å². The Morgan fingerprint density at radius 2 is 1.95 bits per heavy atom. The highest BCUT2D eigenvalue weighted by molar-refractivity contribution is 9.10. The molecule has 2 aromatic carbocycles. The zero-order chi connectivity index (χ0) is 14.7. The van der Waals surface area contributed by atoms with Gasteiger partial charge in [-0.25, -0.2) is 4.79 Å². The van der Waals surface area contributed by atoms with Crippen molar-refractivity contribution in [3.8, 4) is 17.6 Å². The third kappa shape index (κ3) is 2.98. The molecule has 0 saturated heterocycles. The van der Waals surface area contributed by atoms with E-state index in [-0.39, 0.29) is 11.3 Å². The molecular formula is C15H10BrNO3. The molecule has 2 aromatic rings. The van der Waals surface area contributed by atoms with Crippen molar-refractivity contribution < 1.29 is 14.6 Å². The first-order chi connectivity index (χ1) is 9.51. The van der Waals surface area contributed by atoms with Gasteiger partial charge >= 0.3 is 5.97 Å². The fraction of sp³-hybridized carbons (Fsp3) is 0.0667. The Morgan fingerprint density at radius 3 is 2.60 bits per heavy atom. The summed E-state index contributed by atoms with van der Waals surface area (Å²) in [6.45, 7) is 1.80. The molecule has 100 valence electrons. The molecule has 0 saturated carbocycles. The highest BCUT2D eigenvalue weighted by atomic mass is 79.9. The Kier molecular flexibility index (Phi) is 4.06. The van der Waals surface area contributed by atoms with E-state index in [1.165, 1.54) is 6.07 Å². The number of benzene rings is 2. The largest absolute Gasteiger partial charge is 0.478 e. The number of carboxylic acid groups (broad SMARTS) is 1. The Labute approximate surface area is 124 Å². The van der Waals surface area contributed by atoms with Gasteiger partial charge in [0.05, 0.1) is 5.56 Å². The van der Waals surface area contributed by atoms with Gasteiger partial charge in [0, 0.05) is 4.47 Å². The summed E-state index contributed by atoms with van der Waals surface area (Å²) in [5.41, 5.74) is 1.22. The molecule has 4 nitrogen and oxygen atoms in total. The average Bonchev–Trinajstić information content (AvgIpc) is 2.42. The molecule has 0 aliphatic rings. The van der Waals surface area contributed by atoms with Gasteiger partial charge < -0.3 is 9.84 Å². The molecule has 0 aliphatic carbocycles. The van der Waals surface area contributed by atoms with Crippen molar-refractivity contribution in [1.82, 2.24) is 0 Å². The fourth-order valence-electron chi connectivity index (χ4n) is 1.70. The van der Waals surface area contributed by atoms with Gasteiger partial charge in [-0.2, -0.15) is 5.26 Å². The second kappa shape index (κ2) is 5.76. The van der Waals surface area contributed by atoms with Gasteiger partial charge in [0.2, 0.25) is 0 Å². The number of nitrogens with zero attached hydrogens (tertiary/aromatic N) is 1. The third-order valence-corrected chi connectivity index (χ3v) is 3.14. The lowest BCUT2D eigenvalue weighted by molar-refractivity contribution is 0.0694.